The van der Waals surface area contributed by atoms with Gasteiger partial charge in [0, 0.05) is 24.4 Å². The molecular weight excluding hydrogens is 519 g/mol. The number of methoxy groups -OCH3 is 1. The number of benzene rings is 2. The van der Waals surface area contributed by atoms with Crippen LogP contribution in [0.2, 0.25) is 10.0 Å². The van der Waals surface area contributed by atoms with Gasteiger partial charge in [0.2, 0.25) is 0 Å². The van der Waals surface area contributed by atoms with Crippen LogP contribution in [-0.2, 0) is 11.8 Å². The topological polar surface area (TPSA) is 144 Å². The molecule has 0 unspecified atom stereocenters. The lowest BCUT2D eigenvalue weighted by molar-refractivity contribution is -0.385. The summed E-state index contributed by atoms with van der Waals surface area (Å²) in [6.45, 7) is 1.60. The maximum atomic E-state index is 11.7. The molecule has 3 aromatic rings. The van der Waals surface area contributed by atoms with E-state index in [0.717, 1.165) is 13.2 Å². The first-order chi connectivity index (χ1) is 16.5. The Bertz CT molecular complexity index is 1370. The quantitative estimate of drug-likeness (QED) is 0.136. The number of nitro groups is 1. The number of aromatic nitrogens is 2. The number of carbonyl (C=O) groups is 1. The molecule has 0 spiro atoms. The van der Waals surface area contributed by atoms with Crippen molar-refractivity contribution in [2.75, 3.05) is 12.4 Å². The summed E-state index contributed by atoms with van der Waals surface area (Å²) < 4.78 is 6.03. The number of esters is 1. The van der Waals surface area contributed by atoms with Gasteiger partial charge in [-0.2, -0.15) is 10.2 Å². The second kappa shape index (κ2) is 10.7. The molecule has 0 bridgehead atoms. The summed E-state index contributed by atoms with van der Waals surface area (Å²) in [4.78, 5) is 22.3. The molecule has 0 saturated carbocycles. The SMILES string of the molecule is COC(=O)c1ccc(NC(=S)N/N=C(\C)c2nn(C)c(-c3ccc(Cl)c(Cl)c3)c2O)cc1[N+](=O)[O-]. The predicted octanol–water partition coefficient (Wildman–Crippen LogP) is 4.50. The minimum atomic E-state index is -0.834. The Morgan fingerprint density at radius 1 is 1.26 bits per heavy atom. The number of anilines is 1. The van der Waals surface area contributed by atoms with Gasteiger partial charge in [-0.25, -0.2) is 4.79 Å². The lowest BCUT2D eigenvalue weighted by Gasteiger charge is -2.09. The van der Waals surface area contributed by atoms with E-state index in [0.29, 0.717) is 27.0 Å². The third kappa shape index (κ3) is 5.67. The zero-order valence-corrected chi connectivity index (χ0v) is 20.8. The molecule has 0 atom stereocenters. The van der Waals surface area contributed by atoms with Gasteiger partial charge in [0.15, 0.2) is 16.6 Å². The van der Waals surface area contributed by atoms with Crippen molar-refractivity contribution >= 4 is 63.6 Å². The Morgan fingerprint density at radius 2 is 1.97 bits per heavy atom. The molecule has 11 nitrogen and oxygen atoms in total. The molecule has 0 fully saturated rings. The number of halogens is 2. The normalized spacial score (nSPS) is 11.2. The van der Waals surface area contributed by atoms with Crippen LogP contribution in [-0.4, -0.2) is 43.7 Å². The third-order valence-corrected chi connectivity index (χ3v) is 5.67. The molecule has 3 N–H and O–H groups in total. The van der Waals surface area contributed by atoms with Crippen LogP contribution < -0.4 is 10.7 Å². The Balaban J connectivity index is 1.78. The number of hydrogen-bond donors (Lipinski definition) is 3. The molecule has 3 rings (SSSR count). The van der Waals surface area contributed by atoms with Crippen LogP contribution in [0.3, 0.4) is 0 Å². The molecule has 1 heterocycles. The summed E-state index contributed by atoms with van der Waals surface area (Å²) in [5.41, 5.74) is 3.71. The number of thiocarbonyl (C=S) groups is 1. The first-order valence-corrected chi connectivity index (χ1v) is 10.9. The molecule has 0 saturated heterocycles. The number of hydrazone groups is 1. The highest BCUT2D eigenvalue weighted by Crippen LogP contribution is 2.35. The molecule has 0 aliphatic heterocycles. The second-order valence-electron chi connectivity index (χ2n) is 7.04. The fourth-order valence-corrected chi connectivity index (χ4v) is 3.57. The van der Waals surface area contributed by atoms with Crippen molar-refractivity contribution in [2.24, 2.45) is 12.1 Å². The minimum Gasteiger partial charge on any atom is -0.504 e. The van der Waals surface area contributed by atoms with Crippen molar-refractivity contribution in [3.8, 4) is 17.0 Å². The van der Waals surface area contributed by atoms with Crippen LogP contribution in [0.5, 0.6) is 5.75 Å². The Morgan fingerprint density at radius 3 is 2.60 bits per heavy atom. The average molecular weight is 537 g/mol. The van der Waals surface area contributed by atoms with Crippen LogP contribution in [0, 0.1) is 10.1 Å². The largest absolute Gasteiger partial charge is 0.504 e. The van der Waals surface area contributed by atoms with Gasteiger partial charge in [0.25, 0.3) is 5.69 Å². The van der Waals surface area contributed by atoms with Crippen LogP contribution >= 0.6 is 35.4 Å². The van der Waals surface area contributed by atoms with Crippen LogP contribution in [0.4, 0.5) is 11.4 Å². The van der Waals surface area contributed by atoms with Gasteiger partial charge in [0.1, 0.15) is 11.3 Å². The summed E-state index contributed by atoms with van der Waals surface area (Å²) in [5.74, 6) is -0.957. The van der Waals surface area contributed by atoms with E-state index in [-0.39, 0.29) is 27.8 Å². The lowest BCUT2D eigenvalue weighted by atomic mass is 10.1. The number of carbonyl (C=O) groups excluding carboxylic acids is 1. The lowest BCUT2D eigenvalue weighted by Crippen LogP contribution is -2.25. The van der Waals surface area contributed by atoms with E-state index < -0.39 is 16.6 Å². The van der Waals surface area contributed by atoms with E-state index in [9.17, 15) is 20.0 Å². The molecule has 0 aliphatic rings. The van der Waals surface area contributed by atoms with Crippen LogP contribution in [0.25, 0.3) is 11.3 Å². The maximum absolute atomic E-state index is 11.7. The van der Waals surface area contributed by atoms with Crippen molar-refractivity contribution in [1.82, 2.24) is 15.2 Å². The van der Waals surface area contributed by atoms with Gasteiger partial charge in [-0.15, -0.1) is 0 Å². The van der Waals surface area contributed by atoms with Crippen molar-refractivity contribution in [3.05, 3.63) is 67.8 Å². The molecule has 14 heteroatoms. The van der Waals surface area contributed by atoms with E-state index >= 15 is 0 Å². The first-order valence-electron chi connectivity index (χ1n) is 9.73. The maximum Gasteiger partial charge on any atom is 0.344 e. The number of ether oxygens (including phenoxy) is 1. The third-order valence-electron chi connectivity index (χ3n) is 4.74. The summed E-state index contributed by atoms with van der Waals surface area (Å²) >= 11 is 17.2. The Labute approximate surface area is 214 Å². The summed E-state index contributed by atoms with van der Waals surface area (Å²) in [5, 5.41) is 33.9. The first kappa shape index (κ1) is 25.9. The highest BCUT2D eigenvalue weighted by atomic mass is 35.5. The number of nitrogens with one attached hydrogen (secondary N) is 2. The fraction of sp³-hybridized carbons (Fsp3) is 0.143. The second-order valence-corrected chi connectivity index (χ2v) is 8.26. The number of nitrogens with zero attached hydrogens (tertiary/aromatic N) is 4. The van der Waals surface area contributed by atoms with Gasteiger partial charge < -0.3 is 15.2 Å². The molecule has 0 radical (unpaired) electrons. The standard InChI is InChI=1S/C21H18Cl2N6O5S/c1-10(17-19(30)18(28(2)27-17)11-4-7-14(22)15(23)8-11)25-26-21(35)24-12-5-6-13(20(31)34-3)16(9-12)29(32)33/h4-9,30H,1-3H3,(H2,24,26,35)/b25-10+. The molecule has 35 heavy (non-hydrogen) atoms. The predicted molar refractivity (Wildman–Crippen MR) is 136 cm³/mol. The van der Waals surface area contributed by atoms with Gasteiger partial charge in [-0.05, 0) is 43.4 Å². The van der Waals surface area contributed by atoms with Crippen LogP contribution in [0.1, 0.15) is 23.0 Å². The fourth-order valence-electron chi connectivity index (χ4n) is 3.11. The number of rotatable bonds is 6. The number of aromatic hydroxyl groups is 1. The monoisotopic (exact) mass is 536 g/mol. The van der Waals surface area contributed by atoms with Crippen molar-refractivity contribution in [1.29, 1.82) is 0 Å². The minimum absolute atomic E-state index is 0.00425. The highest BCUT2D eigenvalue weighted by Gasteiger charge is 2.22. The average Bonchev–Trinajstić information content (AvgIpc) is 3.12. The smallest absolute Gasteiger partial charge is 0.344 e. The number of aryl methyl sites for hydroxylation is 1. The zero-order chi connectivity index (χ0) is 25.9. The molecular formula is C21H18Cl2N6O5S. The molecule has 0 amide bonds. The summed E-state index contributed by atoms with van der Waals surface area (Å²) in [6, 6.07) is 8.74. The van der Waals surface area contributed by atoms with Gasteiger partial charge in [0.05, 0.1) is 27.8 Å². The van der Waals surface area contributed by atoms with E-state index in [4.69, 9.17) is 35.4 Å². The van der Waals surface area contributed by atoms with Gasteiger partial charge in [-0.1, -0.05) is 29.3 Å². The Kier molecular flexibility index (Phi) is 7.89. The summed E-state index contributed by atoms with van der Waals surface area (Å²) in [6.07, 6.45) is 0. The van der Waals surface area contributed by atoms with E-state index in [1.165, 1.54) is 16.8 Å². The molecule has 1 aromatic heterocycles. The van der Waals surface area contributed by atoms with E-state index in [2.05, 4.69) is 25.7 Å². The van der Waals surface area contributed by atoms with E-state index in [1.54, 1.807) is 32.2 Å². The number of hydrogen-bond acceptors (Lipinski definition) is 8. The molecule has 182 valence electrons. The zero-order valence-electron chi connectivity index (χ0n) is 18.5. The van der Waals surface area contributed by atoms with Gasteiger partial charge in [-0.3, -0.25) is 20.2 Å². The highest BCUT2D eigenvalue weighted by molar-refractivity contribution is 7.80. The van der Waals surface area contributed by atoms with Crippen LogP contribution in [0.15, 0.2) is 41.5 Å². The molecule has 0 aliphatic carbocycles. The van der Waals surface area contributed by atoms with E-state index in [1.807, 2.05) is 0 Å². The Hall–Kier alpha value is -3.74. The summed E-state index contributed by atoms with van der Waals surface area (Å²) in [7, 11) is 2.78. The number of nitro benzene ring substituents is 1. The van der Waals surface area contributed by atoms with Crippen molar-refractivity contribution < 1.29 is 19.6 Å². The van der Waals surface area contributed by atoms with Crippen molar-refractivity contribution in [2.45, 2.75) is 6.92 Å². The van der Waals surface area contributed by atoms with Crippen molar-refractivity contribution in [3.63, 3.8) is 0 Å². The molecule has 2 aromatic carbocycles. The van der Waals surface area contributed by atoms with Gasteiger partial charge >= 0.3 is 5.97 Å².